The number of aryl methyl sites for hydroxylation is 1. The summed E-state index contributed by atoms with van der Waals surface area (Å²) < 4.78 is 5.02. The molecule has 0 aliphatic carbocycles. The van der Waals surface area contributed by atoms with Gasteiger partial charge in [-0.05, 0) is 30.7 Å². The Labute approximate surface area is 124 Å². The van der Waals surface area contributed by atoms with Crippen LogP contribution >= 0.6 is 12.2 Å². The highest BCUT2D eigenvalue weighted by molar-refractivity contribution is 7.80. The van der Waals surface area contributed by atoms with Crippen molar-refractivity contribution in [3.8, 4) is 5.75 Å². The molecule has 0 saturated carbocycles. The maximum absolute atomic E-state index is 12.5. The summed E-state index contributed by atoms with van der Waals surface area (Å²) in [5.74, 6) is 0.0291. The third kappa shape index (κ3) is 4.79. The number of ether oxygens (including phenoxy) is 1. The fourth-order valence-electron chi connectivity index (χ4n) is 1.82. The third-order valence-electron chi connectivity index (χ3n) is 2.92. The number of nitrogens with two attached hydrogens (primary N) is 1. The second kappa shape index (κ2) is 7.81. The van der Waals surface area contributed by atoms with E-state index in [9.17, 15) is 9.90 Å². The van der Waals surface area contributed by atoms with Crippen LogP contribution in [-0.2, 0) is 4.74 Å². The molecule has 0 atom stereocenters. The molecular weight excluding hydrogens is 276 g/mol. The van der Waals surface area contributed by atoms with E-state index in [4.69, 9.17) is 22.7 Å². The molecule has 0 heterocycles. The Hall–Kier alpha value is -1.66. The monoisotopic (exact) mass is 296 g/mol. The summed E-state index contributed by atoms with van der Waals surface area (Å²) in [7, 11) is 1.59. The molecule has 0 aliphatic rings. The molecule has 1 rings (SSSR count). The molecule has 0 bridgehead atoms. The summed E-state index contributed by atoms with van der Waals surface area (Å²) in [5, 5.41) is 9.40. The molecule has 0 unspecified atom stereocenters. The van der Waals surface area contributed by atoms with Gasteiger partial charge in [-0.15, -0.1) is 0 Å². The molecule has 0 aliphatic heterocycles. The standard InChI is InChI=1S/C14H20N2O3S/c1-10-9-11(17)3-4-12(10)14(18)16(7-8-19-2)6-5-13(15)20/h3-4,9,17H,5-8H2,1-2H3,(H2,15,20). The van der Waals surface area contributed by atoms with Gasteiger partial charge in [0.05, 0.1) is 11.6 Å². The Bertz CT molecular complexity index is 491. The normalized spacial score (nSPS) is 10.3. The Balaban J connectivity index is 2.87. The number of amides is 1. The minimum absolute atomic E-state index is 0.115. The van der Waals surface area contributed by atoms with Crippen LogP contribution in [0.25, 0.3) is 0 Å². The lowest BCUT2D eigenvalue weighted by atomic mass is 10.1. The van der Waals surface area contributed by atoms with Gasteiger partial charge in [-0.1, -0.05) is 12.2 Å². The molecular formula is C14H20N2O3S. The van der Waals surface area contributed by atoms with Crippen molar-refractivity contribution in [2.75, 3.05) is 26.8 Å². The third-order valence-corrected chi connectivity index (χ3v) is 3.13. The number of hydrogen-bond donors (Lipinski definition) is 2. The van der Waals surface area contributed by atoms with E-state index in [1.165, 1.54) is 6.07 Å². The Morgan fingerprint density at radius 1 is 1.45 bits per heavy atom. The van der Waals surface area contributed by atoms with E-state index in [1.807, 2.05) is 0 Å². The van der Waals surface area contributed by atoms with E-state index in [1.54, 1.807) is 31.1 Å². The van der Waals surface area contributed by atoms with Crippen molar-refractivity contribution < 1.29 is 14.6 Å². The number of phenols is 1. The molecule has 6 heteroatoms. The fourth-order valence-corrected chi connectivity index (χ4v) is 1.91. The summed E-state index contributed by atoms with van der Waals surface area (Å²) in [6.07, 6.45) is 0.474. The first kappa shape index (κ1) is 16.4. The summed E-state index contributed by atoms with van der Waals surface area (Å²) >= 11 is 4.85. The zero-order valence-corrected chi connectivity index (χ0v) is 12.6. The van der Waals surface area contributed by atoms with Gasteiger partial charge in [0.15, 0.2) is 0 Å². The second-order valence-corrected chi connectivity index (χ2v) is 5.02. The lowest BCUT2D eigenvalue weighted by Crippen LogP contribution is -2.36. The van der Waals surface area contributed by atoms with Crippen LogP contribution in [0, 0.1) is 6.92 Å². The first-order valence-corrected chi connectivity index (χ1v) is 6.72. The van der Waals surface area contributed by atoms with Crippen LogP contribution in [0.2, 0.25) is 0 Å². The molecule has 20 heavy (non-hydrogen) atoms. The molecule has 0 saturated heterocycles. The number of benzene rings is 1. The first-order valence-electron chi connectivity index (χ1n) is 6.32. The molecule has 0 radical (unpaired) electrons. The van der Waals surface area contributed by atoms with Crippen LogP contribution in [0.5, 0.6) is 5.75 Å². The van der Waals surface area contributed by atoms with Gasteiger partial charge in [0.1, 0.15) is 5.75 Å². The molecule has 5 nitrogen and oxygen atoms in total. The highest BCUT2D eigenvalue weighted by atomic mass is 32.1. The quantitative estimate of drug-likeness (QED) is 0.745. The van der Waals surface area contributed by atoms with Crippen LogP contribution < -0.4 is 5.73 Å². The van der Waals surface area contributed by atoms with Gasteiger partial charge in [-0.25, -0.2) is 0 Å². The number of carbonyl (C=O) groups is 1. The molecule has 0 aromatic heterocycles. The van der Waals surface area contributed by atoms with Crippen molar-refractivity contribution >= 4 is 23.1 Å². The van der Waals surface area contributed by atoms with Gasteiger partial charge >= 0.3 is 0 Å². The van der Waals surface area contributed by atoms with E-state index in [0.29, 0.717) is 36.7 Å². The molecule has 3 N–H and O–H groups in total. The highest BCUT2D eigenvalue weighted by Gasteiger charge is 2.17. The predicted octanol–water partition coefficient (Wildman–Crippen LogP) is 1.47. The number of thiocarbonyl (C=S) groups is 1. The summed E-state index contributed by atoms with van der Waals surface area (Å²) in [6.45, 7) is 3.16. The first-order chi connectivity index (χ1) is 9.45. The van der Waals surface area contributed by atoms with Crippen molar-refractivity contribution in [3.05, 3.63) is 29.3 Å². The molecule has 1 aromatic rings. The van der Waals surface area contributed by atoms with E-state index < -0.39 is 0 Å². The SMILES string of the molecule is COCCN(CCC(N)=S)C(=O)c1ccc(O)cc1C. The smallest absolute Gasteiger partial charge is 0.254 e. The predicted molar refractivity (Wildman–Crippen MR) is 82.0 cm³/mol. The van der Waals surface area contributed by atoms with E-state index in [0.717, 1.165) is 5.56 Å². The number of carbonyl (C=O) groups excluding carboxylic acids is 1. The second-order valence-electron chi connectivity index (χ2n) is 4.50. The maximum atomic E-state index is 12.5. The highest BCUT2D eigenvalue weighted by Crippen LogP contribution is 2.17. The van der Waals surface area contributed by atoms with Crippen molar-refractivity contribution in [1.82, 2.24) is 4.90 Å². The molecule has 1 amide bonds. The summed E-state index contributed by atoms with van der Waals surface area (Å²) in [6, 6.07) is 4.69. The molecule has 110 valence electrons. The van der Waals surface area contributed by atoms with Crippen LogP contribution in [0.1, 0.15) is 22.3 Å². The number of hydrogen-bond acceptors (Lipinski definition) is 4. The van der Waals surface area contributed by atoms with Gasteiger partial charge in [-0.2, -0.15) is 0 Å². The lowest BCUT2D eigenvalue weighted by Gasteiger charge is -2.23. The van der Waals surface area contributed by atoms with Gasteiger partial charge in [-0.3, -0.25) is 4.79 Å². The van der Waals surface area contributed by atoms with Crippen LogP contribution in [0.4, 0.5) is 0 Å². The fraction of sp³-hybridized carbons (Fsp3) is 0.429. The zero-order chi connectivity index (χ0) is 15.1. The molecule has 1 aromatic carbocycles. The minimum atomic E-state index is -0.115. The summed E-state index contributed by atoms with van der Waals surface area (Å²) in [5.41, 5.74) is 6.77. The number of rotatable bonds is 7. The number of phenolic OH excluding ortho intramolecular Hbond substituents is 1. The largest absolute Gasteiger partial charge is 0.508 e. The Kier molecular flexibility index (Phi) is 6.41. The summed E-state index contributed by atoms with van der Waals surface area (Å²) in [4.78, 5) is 14.5. The van der Waals surface area contributed by atoms with Crippen LogP contribution in [-0.4, -0.2) is 47.7 Å². The Morgan fingerprint density at radius 3 is 2.70 bits per heavy atom. The van der Waals surface area contributed by atoms with Gasteiger partial charge in [0.2, 0.25) is 0 Å². The van der Waals surface area contributed by atoms with E-state index in [2.05, 4.69) is 0 Å². The zero-order valence-electron chi connectivity index (χ0n) is 11.8. The van der Waals surface area contributed by atoms with Gasteiger partial charge in [0, 0.05) is 32.2 Å². The van der Waals surface area contributed by atoms with Gasteiger partial charge in [0.25, 0.3) is 5.91 Å². The number of methoxy groups -OCH3 is 1. The van der Waals surface area contributed by atoms with Crippen molar-refractivity contribution in [1.29, 1.82) is 0 Å². The minimum Gasteiger partial charge on any atom is -0.508 e. The average molecular weight is 296 g/mol. The number of nitrogens with zero attached hydrogens (tertiary/aromatic N) is 1. The van der Waals surface area contributed by atoms with Crippen molar-refractivity contribution in [2.24, 2.45) is 5.73 Å². The molecule has 0 spiro atoms. The molecule has 0 fully saturated rings. The van der Waals surface area contributed by atoms with E-state index in [-0.39, 0.29) is 11.7 Å². The van der Waals surface area contributed by atoms with Crippen LogP contribution in [0.15, 0.2) is 18.2 Å². The Morgan fingerprint density at radius 2 is 2.15 bits per heavy atom. The van der Waals surface area contributed by atoms with Gasteiger partial charge < -0.3 is 20.5 Å². The topological polar surface area (TPSA) is 75.8 Å². The maximum Gasteiger partial charge on any atom is 0.254 e. The van der Waals surface area contributed by atoms with E-state index >= 15 is 0 Å². The average Bonchev–Trinajstić information content (AvgIpc) is 2.38. The van der Waals surface area contributed by atoms with Crippen LogP contribution in [0.3, 0.4) is 0 Å². The number of aromatic hydroxyl groups is 1. The van der Waals surface area contributed by atoms with Crippen molar-refractivity contribution in [2.45, 2.75) is 13.3 Å². The lowest BCUT2D eigenvalue weighted by molar-refractivity contribution is 0.0700. The van der Waals surface area contributed by atoms with Crippen molar-refractivity contribution in [3.63, 3.8) is 0 Å².